The zero-order chi connectivity index (χ0) is 20.2. The van der Waals surface area contributed by atoms with Crippen LogP contribution in [-0.4, -0.2) is 59.4 Å². The highest BCUT2D eigenvalue weighted by molar-refractivity contribution is 8.28. The minimum Gasteiger partial charge on any atom is -0.311 e. The van der Waals surface area contributed by atoms with Gasteiger partial charge in [0.05, 0.1) is 17.4 Å². The molecule has 30 heavy (non-hydrogen) atoms. The number of thiazole rings is 1. The number of piperidine rings is 1. The lowest BCUT2D eigenvalue weighted by atomic mass is 10.0. The number of hydrogen-bond donors (Lipinski definition) is 3. The summed E-state index contributed by atoms with van der Waals surface area (Å²) in [6.45, 7) is 0. The van der Waals surface area contributed by atoms with Gasteiger partial charge in [0, 0.05) is 36.0 Å². The van der Waals surface area contributed by atoms with Crippen molar-refractivity contribution >= 4 is 32.6 Å². The molecule has 0 radical (unpaired) electrons. The van der Waals surface area contributed by atoms with Crippen molar-refractivity contribution < 1.29 is 0 Å². The normalized spacial score (nSPS) is 28.7. The molecule has 0 amide bonds. The largest absolute Gasteiger partial charge is 0.311 e. The summed E-state index contributed by atoms with van der Waals surface area (Å²) in [5.74, 6) is 0. The van der Waals surface area contributed by atoms with Gasteiger partial charge in [0.2, 0.25) is 0 Å². The predicted octanol–water partition coefficient (Wildman–Crippen LogP) is 2.13. The number of nitrogens with zero attached hydrogens (tertiary/aromatic N) is 6. The molecule has 2 bridgehead atoms. The van der Waals surface area contributed by atoms with E-state index in [1.54, 1.807) is 29.4 Å². The second-order valence-corrected chi connectivity index (χ2v) is 10.9. The lowest BCUT2D eigenvalue weighted by molar-refractivity contribution is 0.264. The summed E-state index contributed by atoms with van der Waals surface area (Å²) in [5.41, 5.74) is 3.10. The maximum atomic E-state index is 13.0. The van der Waals surface area contributed by atoms with Gasteiger partial charge in [-0.1, -0.05) is 11.1 Å². The van der Waals surface area contributed by atoms with Gasteiger partial charge in [-0.05, 0) is 32.7 Å². The topological polar surface area (TPSA) is 104 Å². The fourth-order valence-corrected chi connectivity index (χ4v) is 8.08. The Morgan fingerprint density at radius 2 is 2.10 bits per heavy atom. The first-order chi connectivity index (χ1) is 14.7. The third kappa shape index (κ3) is 2.96. The summed E-state index contributed by atoms with van der Waals surface area (Å²) in [7, 11) is 2.17. The molecule has 6 heterocycles. The van der Waals surface area contributed by atoms with Crippen LogP contribution in [0.1, 0.15) is 25.7 Å². The standard InChI is InChI=1S/C19H22N8OS2/c1-26(14-4-12-2-3-13(5-14)24-12)30-18-17(29-10-21-18)25-19(30)27-9-20-15(6-16(27)28)11-7-22-23-8-11/h6-10,12-14,24,30H,2-5H2,1H3,(H,22,23)/t12-,13+,14-. The molecule has 0 aliphatic carbocycles. The van der Waals surface area contributed by atoms with E-state index in [1.807, 2.05) is 5.51 Å². The molecule has 3 aliphatic heterocycles. The molecule has 3 aliphatic rings. The van der Waals surface area contributed by atoms with Crippen molar-refractivity contribution in [2.75, 3.05) is 7.05 Å². The highest BCUT2D eigenvalue weighted by atomic mass is 32.2. The monoisotopic (exact) mass is 442 g/mol. The van der Waals surface area contributed by atoms with Crippen molar-refractivity contribution in [3.05, 3.63) is 40.7 Å². The van der Waals surface area contributed by atoms with E-state index in [1.165, 1.54) is 24.2 Å². The molecular formula is C19H22N8OS2. The Balaban J connectivity index is 1.36. The van der Waals surface area contributed by atoms with Crippen molar-refractivity contribution in [2.24, 2.45) is 4.99 Å². The molecule has 2 N–H and O–H groups in total. The lowest BCUT2D eigenvalue weighted by Crippen LogP contribution is -2.46. The SMILES string of the molecule is CN([C@@H]1C[C@H]2CC[C@@H](C1)N2)[SH]1C(n2cnc(-c3cn[nH]c3)cc2=O)=Nc2scnc21. The number of thiol groups is 1. The smallest absolute Gasteiger partial charge is 0.260 e. The van der Waals surface area contributed by atoms with Crippen molar-refractivity contribution in [1.29, 1.82) is 0 Å². The molecule has 11 heteroatoms. The predicted molar refractivity (Wildman–Crippen MR) is 119 cm³/mol. The molecule has 0 spiro atoms. The van der Waals surface area contributed by atoms with Crippen LogP contribution in [0.25, 0.3) is 11.3 Å². The molecule has 2 fully saturated rings. The fourth-order valence-electron chi connectivity index (χ4n) is 4.73. The van der Waals surface area contributed by atoms with Gasteiger partial charge in [-0.2, -0.15) is 5.10 Å². The van der Waals surface area contributed by atoms with Crippen LogP contribution >= 0.6 is 22.4 Å². The van der Waals surface area contributed by atoms with Crippen LogP contribution in [0.5, 0.6) is 0 Å². The van der Waals surface area contributed by atoms with Crippen LogP contribution in [0.3, 0.4) is 0 Å². The fraction of sp³-hybridized carbons (Fsp3) is 0.421. The van der Waals surface area contributed by atoms with Crippen LogP contribution in [0.15, 0.2) is 45.1 Å². The first-order valence-corrected chi connectivity index (χ1v) is 12.2. The van der Waals surface area contributed by atoms with Crippen molar-refractivity contribution in [2.45, 2.75) is 48.8 Å². The van der Waals surface area contributed by atoms with Crippen LogP contribution in [0, 0.1) is 0 Å². The second kappa shape index (κ2) is 7.12. The molecule has 0 saturated carbocycles. The van der Waals surface area contributed by atoms with E-state index in [2.05, 4.69) is 36.8 Å². The van der Waals surface area contributed by atoms with Crippen LogP contribution in [-0.2, 0) is 0 Å². The number of aromatic amines is 1. The number of aliphatic imine (C=N–C) groups is 1. The number of H-pyrrole nitrogens is 1. The maximum absolute atomic E-state index is 13.0. The molecule has 4 atom stereocenters. The summed E-state index contributed by atoms with van der Waals surface area (Å²) in [5, 5.41) is 13.1. The molecular weight excluding hydrogens is 420 g/mol. The molecule has 1 unspecified atom stereocenters. The van der Waals surface area contributed by atoms with E-state index < -0.39 is 11.1 Å². The van der Waals surface area contributed by atoms with Gasteiger partial charge in [0.1, 0.15) is 11.4 Å². The molecule has 3 aromatic heterocycles. The maximum Gasteiger partial charge on any atom is 0.260 e. The number of aromatic nitrogens is 5. The van der Waals surface area contributed by atoms with Gasteiger partial charge < -0.3 is 5.32 Å². The van der Waals surface area contributed by atoms with E-state index in [4.69, 9.17) is 4.99 Å². The molecule has 156 valence electrons. The van der Waals surface area contributed by atoms with E-state index >= 15 is 0 Å². The Bertz CT molecular complexity index is 1160. The van der Waals surface area contributed by atoms with E-state index in [-0.39, 0.29) is 5.56 Å². The summed E-state index contributed by atoms with van der Waals surface area (Å²) in [6.07, 6.45) is 9.76. The Morgan fingerprint density at radius 1 is 1.27 bits per heavy atom. The number of nitrogens with one attached hydrogen (secondary N) is 2. The highest BCUT2D eigenvalue weighted by Crippen LogP contribution is 2.54. The summed E-state index contributed by atoms with van der Waals surface area (Å²) < 4.78 is 4.03. The Labute approximate surface area is 179 Å². The quantitative estimate of drug-likeness (QED) is 0.537. The van der Waals surface area contributed by atoms with Gasteiger partial charge in [-0.3, -0.25) is 14.2 Å². The van der Waals surface area contributed by atoms with E-state index in [9.17, 15) is 4.79 Å². The molecule has 6 rings (SSSR count). The minimum absolute atomic E-state index is 0.138. The third-order valence-electron chi connectivity index (χ3n) is 6.23. The Hall–Kier alpha value is -2.34. The van der Waals surface area contributed by atoms with E-state index in [0.717, 1.165) is 33.6 Å². The minimum atomic E-state index is -0.970. The van der Waals surface area contributed by atoms with Gasteiger partial charge in [0.15, 0.2) is 10.2 Å². The number of rotatable bonds is 3. The van der Waals surface area contributed by atoms with Gasteiger partial charge in [-0.25, -0.2) is 19.5 Å². The first kappa shape index (κ1) is 18.4. The Morgan fingerprint density at radius 3 is 2.83 bits per heavy atom. The summed E-state index contributed by atoms with van der Waals surface area (Å²) >= 11 is 0.560. The Kier molecular flexibility index (Phi) is 4.37. The van der Waals surface area contributed by atoms with Crippen molar-refractivity contribution in [3.63, 3.8) is 0 Å². The van der Waals surface area contributed by atoms with Crippen molar-refractivity contribution in [3.8, 4) is 11.3 Å². The van der Waals surface area contributed by atoms with Crippen LogP contribution < -0.4 is 10.9 Å². The van der Waals surface area contributed by atoms with Crippen LogP contribution in [0.2, 0.25) is 0 Å². The zero-order valence-electron chi connectivity index (χ0n) is 16.4. The lowest BCUT2D eigenvalue weighted by Gasteiger charge is -2.40. The van der Waals surface area contributed by atoms with E-state index in [0.29, 0.717) is 23.8 Å². The second-order valence-electron chi connectivity index (χ2n) is 8.01. The van der Waals surface area contributed by atoms with Crippen molar-refractivity contribution in [1.82, 2.24) is 34.4 Å². The summed E-state index contributed by atoms with van der Waals surface area (Å²) in [6, 6.07) is 3.21. The third-order valence-corrected chi connectivity index (χ3v) is 9.48. The van der Waals surface area contributed by atoms with Gasteiger partial charge in [0.25, 0.3) is 5.56 Å². The number of fused-ring (bicyclic) bond motifs is 3. The van der Waals surface area contributed by atoms with Gasteiger partial charge in [-0.15, -0.1) is 11.3 Å². The zero-order valence-corrected chi connectivity index (χ0v) is 18.1. The average Bonchev–Trinajstić information content (AvgIpc) is 3.52. The summed E-state index contributed by atoms with van der Waals surface area (Å²) in [4.78, 5) is 27.0. The molecule has 9 nitrogen and oxygen atoms in total. The highest BCUT2D eigenvalue weighted by Gasteiger charge is 2.40. The molecule has 3 aromatic rings. The average molecular weight is 443 g/mol. The molecule has 2 saturated heterocycles. The van der Waals surface area contributed by atoms with Crippen LogP contribution in [0.4, 0.5) is 5.00 Å². The first-order valence-electron chi connectivity index (χ1n) is 10.1. The van der Waals surface area contributed by atoms with Gasteiger partial charge >= 0.3 is 0 Å². The molecule has 0 aromatic carbocycles. The number of hydrogen-bond acceptors (Lipinski definition) is 8.